The summed E-state index contributed by atoms with van der Waals surface area (Å²) in [5, 5.41) is 3.73. The van der Waals surface area contributed by atoms with Gasteiger partial charge in [0.1, 0.15) is 10.1 Å². The molecular formula is C52H59N3O5S3. The molecule has 0 amide bonds. The number of allylic oxidation sites excluding steroid dienone is 5. The van der Waals surface area contributed by atoms with Crippen LogP contribution in [-0.4, -0.2) is 33.4 Å². The minimum absolute atomic E-state index is 0.00496. The van der Waals surface area contributed by atoms with Crippen LogP contribution in [0, 0.1) is 61.3 Å². The van der Waals surface area contributed by atoms with Gasteiger partial charge in [-0.3, -0.25) is 4.72 Å². The summed E-state index contributed by atoms with van der Waals surface area (Å²) in [6.07, 6.45) is 7.92. The molecule has 0 aromatic heterocycles. The Bertz CT molecular complexity index is 2990. The summed E-state index contributed by atoms with van der Waals surface area (Å²) >= 11 is 1.48. The second-order valence-corrected chi connectivity index (χ2v) is 21.2. The first-order chi connectivity index (χ1) is 29.5. The van der Waals surface area contributed by atoms with E-state index in [0.717, 1.165) is 67.1 Å². The molecule has 330 valence electrons. The monoisotopic (exact) mass is 901 g/mol. The average Bonchev–Trinajstić information content (AvgIpc) is 3.22. The third-order valence-electron chi connectivity index (χ3n) is 12.3. The molecule has 0 spiro atoms. The molecular weight excluding hydrogens is 843 g/mol. The molecule has 63 heavy (non-hydrogen) atoms. The van der Waals surface area contributed by atoms with Crippen LogP contribution in [0.1, 0.15) is 94.8 Å². The SMILES string of the molecule is CSc1ccc(S(=O)(=O)Nc2ccc(C(=C3C=CC(=[NH+]c4c(C)cc(C)c(C)c4C)C(C(C)C)=C3)c3ccc(Nc4c(C)cc(C)c(C)c4C)c(C(C)C)c3)c(S(=O)(=O)[O-])c2)cc1. The third kappa shape index (κ3) is 9.97. The van der Waals surface area contributed by atoms with Crippen LogP contribution in [-0.2, 0) is 20.1 Å². The summed E-state index contributed by atoms with van der Waals surface area (Å²) in [6.45, 7) is 25.4. The van der Waals surface area contributed by atoms with Crippen molar-refractivity contribution in [3.05, 3.63) is 163 Å². The van der Waals surface area contributed by atoms with E-state index in [-0.39, 0.29) is 28.0 Å². The lowest BCUT2D eigenvalue weighted by Gasteiger charge is -2.24. The molecule has 5 aromatic rings. The summed E-state index contributed by atoms with van der Waals surface area (Å²) in [5.74, 6) is 0.0974. The molecule has 6 rings (SSSR count). The van der Waals surface area contributed by atoms with Gasteiger partial charge in [-0.1, -0.05) is 45.9 Å². The van der Waals surface area contributed by atoms with Crippen LogP contribution in [0.25, 0.3) is 5.57 Å². The highest BCUT2D eigenvalue weighted by molar-refractivity contribution is 7.98. The predicted octanol–water partition coefficient (Wildman–Crippen LogP) is 11.3. The molecule has 0 fully saturated rings. The molecule has 0 saturated heterocycles. The maximum absolute atomic E-state index is 13.5. The number of rotatable bonds is 12. The van der Waals surface area contributed by atoms with Gasteiger partial charge in [0, 0.05) is 44.6 Å². The maximum Gasteiger partial charge on any atom is 0.261 e. The van der Waals surface area contributed by atoms with E-state index in [9.17, 15) is 21.4 Å². The van der Waals surface area contributed by atoms with Crippen LogP contribution < -0.4 is 15.0 Å². The predicted molar refractivity (Wildman–Crippen MR) is 262 cm³/mol. The van der Waals surface area contributed by atoms with Crippen LogP contribution in [0.3, 0.4) is 0 Å². The lowest BCUT2D eigenvalue weighted by Crippen LogP contribution is -2.67. The van der Waals surface area contributed by atoms with Crippen LogP contribution >= 0.6 is 11.8 Å². The average molecular weight is 902 g/mol. The van der Waals surface area contributed by atoms with Crippen LogP contribution in [0.2, 0.25) is 0 Å². The lowest BCUT2D eigenvalue weighted by molar-refractivity contribution is -0.353. The summed E-state index contributed by atoms with van der Waals surface area (Å²) < 4.78 is 69.8. The highest BCUT2D eigenvalue weighted by atomic mass is 32.2. The molecule has 0 heterocycles. The van der Waals surface area contributed by atoms with Gasteiger partial charge < -0.3 is 9.87 Å². The Hall–Kier alpha value is -5.20. The molecule has 0 aliphatic heterocycles. The van der Waals surface area contributed by atoms with Crippen molar-refractivity contribution in [3.63, 3.8) is 0 Å². The van der Waals surface area contributed by atoms with E-state index in [1.54, 1.807) is 12.1 Å². The number of anilines is 3. The van der Waals surface area contributed by atoms with Gasteiger partial charge in [0.25, 0.3) is 10.0 Å². The quantitative estimate of drug-likeness (QED) is 0.0840. The molecule has 1 aliphatic carbocycles. The van der Waals surface area contributed by atoms with Gasteiger partial charge in [-0.25, -0.2) is 21.8 Å². The number of thioether (sulfide) groups is 1. The van der Waals surface area contributed by atoms with Crippen molar-refractivity contribution in [2.24, 2.45) is 5.92 Å². The zero-order chi connectivity index (χ0) is 46.3. The second-order valence-electron chi connectivity index (χ2n) is 17.3. The molecule has 5 aromatic carbocycles. The number of sulfonamides is 1. The van der Waals surface area contributed by atoms with Crippen molar-refractivity contribution < 1.29 is 26.4 Å². The molecule has 0 saturated carbocycles. The van der Waals surface area contributed by atoms with E-state index >= 15 is 0 Å². The van der Waals surface area contributed by atoms with Crippen LogP contribution in [0.15, 0.2) is 117 Å². The first-order valence-electron chi connectivity index (χ1n) is 21.1. The number of hydrogen-bond acceptors (Lipinski definition) is 7. The van der Waals surface area contributed by atoms with E-state index in [1.807, 2.05) is 30.5 Å². The topological polar surface area (TPSA) is 129 Å². The van der Waals surface area contributed by atoms with Gasteiger partial charge in [0.05, 0.1) is 15.5 Å². The van der Waals surface area contributed by atoms with E-state index in [4.69, 9.17) is 0 Å². The Morgan fingerprint density at radius 2 is 1.32 bits per heavy atom. The molecule has 0 unspecified atom stereocenters. The summed E-state index contributed by atoms with van der Waals surface area (Å²) in [4.78, 5) is 4.08. The zero-order valence-corrected chi connectivity index (χ0v) is 41.0. The molecule has 0 atom stereocenters. The Kier molecular flexibility index (Phi) is 13.9. The van der Waals surface area contributed by atoms with Crippen molar-refractivity contribution in [2.75, 3.05) is 16.3 Å². The van der Waals surface area contributed by atoms with Crippen molar-refractivity contribution in [1.29, 1.82) is 0 Å². The smallest absolute Gasteiger partial charge is 0.261 e. The minimum Gasteiger partial charge on any atom is -0.744 e. The van der Waals surface area contributed by atoms with Gasteiger partial charge in [-0.05, 0) is 196 Å². The van der Waals surface area contributed by atoms with Gasteiger partial charge in [0.2, 0.25) is 11.4 Å². The van der Waals surface area contributed by atoms with Crippen molar-refractivity contribution >= 4 is 65.9 Å². The molecule has 0 bridgehead atoms. The Morgan fingerprint density at radius 1 is 0.683 bits per heavy atom. The van der Waals surface area contributed by atoms with Crippen molar-refractivity contribution in [1.82, 2.24) is 0 Å². The van der Waals surface area contributed by atoms with Gasteiger partial charge in [-0.15, -0.1) is 11.8 Å². The van der Waals surface area contributed by atoms with Gasteiger partial charge >= 0.3 is 0 Å². The maximum atomic E-state index is 13.5. The van der Waals surface area contributed by atoms with Gasteiger partial charge in [-0.2, -0.15) is 0 Å². The highest BCUT2D eigenvalue weighted by Crippen LogP contribution is 2.40. The zero-order valence-electron chi connectivity index (χ0n) is 38.6. The van der Waals surface area contributed by atoms with Crippen molar-refractivity contribution in [3.8, 4) is 0 Å². The Labute approximate surface area is 379 Å². The Morgan fingerprint density at radius 3 is 1.92 bits per heavy atom. The normalized spacial score (nSPS) is 14.7. The summed E-state index contributed by atoms with van der Waals surface area (Å²) in [7, 11) is -9.29. The number of hydrogen-bond donors (Lipinski definition) is 3. The summed E-state index contributed by atoms with van der Waals surface area (Å²) in [5.41, 5.74) is 17.4. The van der Waals surface area contributed by atoms with E-state index in [2.05, 4.69) is 122 Å². The number of benzene rings is 5. The minimum atomic E-state index is -5.16. The molecule has 0 radical (unpaired) electrons. The van der Waals surface area contributed by atoms with Gasteiger partial charge in [0.15, 0.2) is 0 Å². The molecule has 1 aliphatic rings. The third-order valence-corrected chi connectivity index (χ3v) is 15.3. The Balaban J connectivity index is 1.60. The fourth-order valence-corrected chi connectivity index (χ4v) is 10.5. The highest BCUT2D eigenvalue weighted by Gasteiger charge is 2.26. The van der Waals surface area contributed by atoms with E-state index in [1.165, 1.54) is 58.3 Å². The summed E-state index contributed by atoms with van der Waals surface area (Å²) in [6, 6.07) is 20.9. The van der Waals surface area contributed by atoms with Crippen molar-refractivity contribution in [2.45, 2.75) is 104 Å². The second kappa shape index (κ2) is 18.5. The molecule has 3 N–H and O–H groups in total. The first-order valence-corrected chi connectivity index (χ1v) is 25.3. The first kappa shape index (κ1) is 47.3. The largest absolute Gasteiger partial charge is 0.744 e. The fraction of sp³-hybridized carbons (Fsp3) is 0.288. The van der Waals surface area contributed by atoms with Crippen LogP contribution in [0.5, 0.6) is 0 Å². The molecule has 8 nitrogen and oxygen atoms in total. The number of aryl methyl sites for hydroxylation is 4. The van der Waals surface area contributed by atoms with E-state index in [0.29, 0.717) is 16.7 Å². The fourth-order valence-electron chi connectivity index (χ4n) is 8.29. The lowest BCUT2D eigenvalue weighted by atomic mass is 9.84. The van der Waals surface area contributed by atoms with E-state index < -0.39 is 25.0 Å². The standard InChI is InChI=1S/C52H59N3O5S3/c1-29(2)45-26-39(14-22-47(45)53-51-33(7)24-31(5)35(9)37(51)11)50(40-15-23-48(46(27-40)30(3)4)54-52-34(8)25-32(6)36(10)38(52)12)44-21-16-41(28-49(44)63(58,59)60)55-62(56,57)43-19-17-42(61-13)18-20-43/h14-30,53,55H,1-13H3,(H,58,59,60). The van der Waals surface area contributed by atoms with Crippen LogP contribution in [0.4, 0.5) is 22.7 Å². The number of nitrogens with one attached hydrogen (secondary N) is 3. The molecule has 11 heteroatoms.